The van der Waals surface area contributed by atoms with Crippen molar-refractivity contribution in [3.05, 3.63) is 12.2 Å². The Morgan fingerprint density at radius 2 is 1.79 bits per heavy atom. The molecule has 0 heterocycles. The molecule has 5 fully saturated rings. The SMILES string of the molecule is C=C(C)[C@@H](C)CC[C@@H](C)[C@H]1CC[C@@]2(C)[C@@H]3CC[C@H]4[C@H](C)/C(=N/OC)CC[C@@]45C[C@@]35CC[C@]12C. The number of nitrogens with zero attached hydrogens (tertiary/aromatic N) is 1. The molecule has 33 heavy (non-hydrogen) atoms. The van der Waals surface area contributed by atoms with Crippen molar-refractivity contribution >= 4 is 5.71 Å². The molecule has 0 N–H and O–H groups in total. The van der Waals surface area contributed by atoms with E-state index in [4.69, 9.17) is 4.84 Å². The Hall–Kier alpha value is -0.790. The summed E-state index contributed by atoms with van der Waals surface area (Å²) in [5.41, 5.74) is 5.08. The lowest BCUT2D eigenvalue weighted by Crippen LogP contribution is -2.55. The fourth-order valence-corrected chi connectivity index (χ4v) is 11.0. The second-order valence-electron chi connectivity index (χ2n) is 14.1. The van der Waals surface area contributed by atoms with Gasteiger partial charge >= 0.3 is 0 Å². The van der Waals surface area contributed by atoms with E-state index in [2.05, 4.69) is 53.3 Å². The van der Waals surface area contributed by atoms with Gasteiger partial charge in [0, 0.05) is 5.92 Å². The van der Waals surface area contributed by atoms with Crippen molar-refractivity contribution in [2.75, 3.05) is 7.11 Å². The van der Waals surface area contributed by atoms with Crippen molar-refractivity contribution in [3.63, 3.8) is 0 Å². The standard InChI is InChI=1S/C31H51NO/c1-20(2)21(3)9-10-22(4)24-13-15-29(7)27-12-11-25-23(5)26(32-33-8)14-16-30(25)19-31(27,30)18-17-28(24,29)6/h21-25,27H,1,9-19H2,2-8H3/b32-26+/t21-,22+,23-,24+,25-,27-,28+,29-,30+,31-/m0/s1. The zero-order valence-electron chi connectivity index (χ0n) is 22.8. The number of oxime groups is 1. The van der Waals surface area contributed by atoms with Gasteiger partial charge in [-0.3, -0.25) is 0 Å². The third kappa shape index (κ3) is 3.07. The molecule has 5 rings (SSSR count). The minimum atomic E-state index is 0.536. The largest absolute Gasteiger partial charge is 0.399 e. The molecule has 0 aromatic heterocycles. The van der Waals surface area contributed by atoms with Gasteiger partial charge in [0.2, 0.25) is 0 Å². The van der Waals surface area contributed by atoms with E-state index in [1.165, 1.54) is 81.9 Å². The van der Waals surface area contributed by atoms with Gasteiger partial charge in [-0.15, -0.1) is 0 Å². The third-order valence-electron chi connectivity index (χ3n) is 13.3. The van der Waals surface area contributed by atoms with Crippen LogP contribution in [0.25, 0.3) is 0 Å². The van der Waals surface area contributed by atoms with Crippen molar-refractivity contribution in [1.29, 1.82) is 0 Å². The minimum absolute atomic E-state index is 0.536. The maximum absolute atomic E-state index is 5.23. The van der Waals surface area contributed by atoms with Crippen molar-refractivity contribution in [1.82, 2.24) is 0 Å². The molecule has 186 valence electrons. The van der Waals surface area contributed by atoms with Gasteiger partial charge in [0.05, 0.1) is 5.71 Å². The lowest BCUT2D eigenvalue weighted by Gasteiger charge is -2.62. The van der Waals surface area contributed by atoms with Crippen LogP contribution in [-0.4, -0.2) is 12.8 Å². The average Bonchev–Trinajstić information content (AvgIpc) is 3.36. The van der Waals surface area contributed by atoms with E-state index in [1.54, 1.807) is 7.11 Å². The maximum Gasteiger partial charge on any atom is 0.106 e. The van der Waals surface area contributed by atoms with Gasteiger partial charge in [-0.2, -0.15) is 0 Å². The quantitative estimate of drug-likeness (QED) is 0.291. The number of hydrogen-bond acceptors (Lipinski definition) is 2. The van der Waals surface area contributed by atoms with Crippen LogP contribution in [0.5, 0.6) is 0 Å². The molecular weight excluding hydrogens is 402 g/mol. The first kappa shape index (κ1) is 23.9. The van der Waals surface area contributed by atoms with Gasteiger partial charge in [-0.05, 0) is 129 Å². The van der Waals surface area contributed by atoms with Crippen LogP contribution in [0.2, 0.25) is 0 Å². The summed E-state index contributed by atoms with van der Waals surface area (Å²) in [6.07, 6.45) is 15.6. The first-order chi connectivity index (χ1) is 15.6. The highest BCUT2D eigenvalue weighted by Crippen LogP contribution is 2.88. The molecule has 0 aromatic carbocycles. The van der Waals surface area contributed by atoms with Crippen LogP contribution in [0.15, 0.2) is 17.3 Å². The summed E-state index contributed by atoms with van der Waals surface area (Å²) in [5, 5.41) is 4.47. The van der Waals surface area contributed by atoms with Crippen LogP contribution in [0.3, 0.4) is 0 Å². The van der Waals surface area contributed by atoms with Gasteiger partial charge < -0.3 is 4.84 Å². The van der Waals surface area contributed by atoms with Crippen molar-refractivity contribution in [2.45, 2.75) is 112 Å². The van der Waals surface area contributed by atoms with E-state index < -0.39 is 0 Å². The van der Waals surface area contributed by atoms with Crippen LogP contribution in [0.4, 0.5) is 0 Å². The monoisotopic (exact) mass is 453 g/mol. The van der Waals surface area contributed by atoms with Gasteiger partial charge in [0.1, 0.15) is 7.11 Å². The molecule has 0 saturated heterocycles. The van der Waals surface area contributed by atoms with Crippen molar-refractivity contribution < 1.29 is 4.84 Å². The molecule has 2 nitrogen and oxygen atoms in total. The van der Waals surface area contributed by atoms with Gasteiger partial charge in [0.15, 0.2) is 0 Å². The van der Waals surface area contributed by atoms with E-state index >= 15 is 0 Å². The van der Waals surface area contributed by atoms with E-state index in [9.17, 15) is 0 Å². The summed E-state index contributed by atoms with van der Waals surface area (Å²) in [6.45, 7) is 19.4. The fraction of sp³-hybridized carbons (Fsp3) is 0.903. The predicted molar refractivity (Wildman–Crippen MR) is 139 cm³/mol. The average molecular weight is 454 g/mol. The fourth-order valence-electron chi connectivity index (χ4n) is 11.0. The van der Waals surface area contributed by atoms with Crippen LogP contribution in [0.1, 0.15) is 112 Å². The molecule has 0 unspecified atom stereocenters. The summed E-state index contributed by atoms with van der Waals surface area (Å²) in [4.78, 5) is 5.23. The Morgan fingerprint density at radius 1 is 1.03 bits per heavy atom. The molecule has 5 aliphatic rings. The Balaban J connectivity index is 1.36. The molecule has 2 spiro atoms. The van der Waals surface area contributed by atoms with Crippen molar-refractivity contribution in [2.24, 2.45) is 62.3 Å². The molecule has 0 aromatic rings. The summed E-state index contributed by atoms with van der Waals surface area (Å²) in [7, 11) is 1.72. The zero-order valence-corrected chi connectivity index (χ0v) is 22.8. The number of rotatable bonds is 6. The van der Waals surface area contributed by atoms with Gasteiger partial charge in [-0.1, -0.05) is 51.9 Å². The highest BCUT2D eigenvalue weighted by atomic mass is 16.6. The van der Waals surface area contributed by atoms with E-state index in [1.807, 2.05) is 0 Å². The maximum atomic E-state index is 5.23. The van der Waals surface area contributed by atoms with E-state index in [0.29, 0.717) is 33.5 Å². The second kappa shape index (κ2) is 7.86. The predicted octanol–water partition coefficient (Wildman–Crippen LogP) is 8.67. The lowest BCUT2D eigenvalue weighted by molar-refractivity contribution is -0.127. The first-order valence-electron chi connectivity index (χ1n) is 14.3. The first-order valence-corrected chi connectivity index (χ1v) is 14.3. The van der Waals surface area contributed by atoms with E-state index in [-0.39, 0.29) is 0 Å². The molecule has 0 radical (unpaired) electrons. The minimum Gasteiger partial charge on any atom is -0.399 e. The van der Waals surface area contributed by atoms with Crippen LogP contribution < -0.4 is 0 Å². The highest BCUT2D eigenvalue weighted by Gasteiger charge is 2.81. The molecule has 0 bridgehead atoms. The lowest BCUT2D eigenvalue weighted by atomic mass is 9.43. The third-order valence-corrected chi connectivity index (χ3v) is 13.3. The van der Waals surface area contributed by atoms with Gasteiger partial charge in [0.25, 0.3) is 0 Å². The molecule has 10 atom stereocenters. The number of hydrogen-bond donors (Lipinski definition) is 0. The molecule has 2 heteroatoms. The Bertz CT molecular complexity index is 831. The highest BCUT2D eigenvalue weighted by molar-refractivity contribution is 5.87. The molecule has 5 aliphatic carbocycles. The van der Waals surface area contributed by atoms with E-state index in [0.717, 1.165) is 23.7 Å². The van der Waals surface area contributed by atoms with Crippen molar-refractivity contribution in [3.8, 4) is 0 Å². The molecular formula is C31H51NO. The molecule has 0 amide bonds. The summed E-state index contributed by atoms with van der Waals surface area (Å²) in [5.74, 6) is 4.86. The molecule has 5 saturated carbocycles. The smallest absolute Gasteiger partial charge is 0.106 e. The van der Waals surface area contributed by atoms with Crippen LogP contribution in [0, 0.1) is 57.2 Å². The van der Waals surface area contributed by atoms with Gasteiger partial charge in [-0.25, -0.2) is 0 Å². The summed E-state index contributed by atoms with van der Waals surface area (Å²) in [6, 6.07) is 0. The molecule has 0 aliphatic heterocycles. The Morgan fingerprint density at radius 3 is 2.48 bits per heavy atom. The Labute approximate surface area is 204 Å². The Kier molecular flexibility index (Phi) is 5.70. The normalized spacial score (nSPS) is 51.1. The van der Waals surface area contributed by atoms with Crippen LogP contribution in [-0.2, 0) is 4.84 Å². The summed E-state index contributed by atoms with van der Waals surface area (Å²) >= 11 is 0. The topological polar surface area (TPSA) is 21.6 Å². The second-order valence-corrected chi connectivity index (χ2v) is 14.1. The number of fused-ring (bicyclic) bond motifs is 2. The van der Waals surface area contributed by atoms with Crippen LogP contribution >= 0.6 is 0 Å². The number of allylic oxidation sites excluding steroid dienone is 1. The zero-order chi connectivity index (χ0) is 23.8. The summed E-state index contributed by atoms with van der Waals surface area (Å²) < 4.78 is 0.